The number of benzene rings is 1. The normalized spacial score (nSPS) is 12.0. The largest absolute Gasteiger partial charge is 0.494 e. The zero-order chi connectivity index (χ0) is 20.1. The molecule has 0 radical (unpaired) electrons. The maximum atomic E-state index is 13.2. The number of rotatable bonds is 4. The molecule has 0 bridgehead atoms. The van der Waals surface area contributed by atoms with E-state index in [1.807, 2.05) is 0 Å². The number of nitrogens with zero attached hydrogens (tertiary/aromatic N) is 4. The minimum Gasteiger partial charge on any atom is -0.494 e. The molecule has 144 valence electrons. The summed E-state index contributed by atoms with van der Waals surface area (Å²) in [7, 11) is 3.15. The summed E-state index contributed by atoms with van der Waals surface area (Å²) in [5.74, 6) is 0.732. The molecule has 0 aliphatic carbocycles. The third-order valence-electron chi connectivity index (χ3n) is 4.53. The third kappa shape index (κ3) is 2.88. The Morgan fingerprint density at radius 2 is 2.04 bits per heavy atom. The van der Waals surface area contributed by atoms with Crippen molar-refractivity contribution in [3.63, 3.8) is 0 Å². The number of methoxy groups -OCH3 is 1. The molecule has 4 rings (SSSR count). The van der Waals surface area contributed by atoms with Crippen LogP contribution in [0.5, 0.6) is 5.75 Å². The molecular formula is C19H15F3N4O2. The zero-order valence-corrected chi connectivity index (χ0v) is 15.0. The lowest BCUT2D eigenvalue weighted by atomic mass is 10.2. The molecular weight excluding hydrogens is 373 g/mol. The smallest absolute Gasteiger partial charge is 0.406 e. The van der Waals surface area contributed by atoms with Crippen LogP contribution in [0.1, 0.15) is 10.4 Å². The van der Waals surface area contributed by atoms with Gasteiger partial charge in [-0.2, -0.15) is 13.2 Å². The van der Waals surface area contributed by atoms with E-state index in [-0.39, 0.29) is 11.3 Å². The van der Waals surface area contributed by atoms with Crippen molar-refractivity contribution >= 4 is 28.4 Å². The average molecular weight is 388 g/mol. The highest BCUT2D eigenvalue weighted by Crippen LogP contribution is 2.34. The Morgan fingerprint density at radius 1 is 1.25 bits per heavy atom. The van der Waals surface area contributed by atoms with Gasteiger partial charge >= 0.3 is 6.18 Å². The Morgan fingerprint density at radius 3 is 2.71 bits per heavy atom. The Kier molecular flexibility index (Phi) is 4.10. The first-order valence-corrected chi connectivity index (χ1v) is 8.33. The van der Waals surface area contributed by atoms with Crippen molar-refractivity contribution in [1.29, 1.82) is 0 Å². The second-order valence-corrected chi connectivity index (χ2v) is 6.35. The van der Waals surface area contributed by atoms with E-state index in [4.69, 9.17) is 4.74 Å². The monoisotopic (exact) mass is 388 g/mol. The Labute approximate surface area is 157 Å². The maximum Gasteiger partial charge on any atom is 0.406 e. The highest BCUT2D eigenvalue weighted by atomic mass is 19.4. The molecule has 3 aromatic heterocycles. The van der Waals surface area contributed by atoms with Gasteiger partial charge in [-0.1, -0.05) is 0 Å². The molecule has 0 spiro atoms. The van der Waals surface area contributed by atoms with Crippen LogP contribution in [0.4, 0.5) is 13.2 Å². The zero-order valence-electron chi connectivity index (χ0n) is 15.0. The summed E-state index contributed by atoms with van der Waals surface area (Å²) in [6.45, 7) is -1.19. The van der Waals surface area contributed by atoms with Crippen LogP contribution < -0.4 is 4.74 Å². The lowest BCUT2D eigenvalue weighted by Crippen LogP contribution is -2.19. The first-order chi connectivity index (χ1) is 13.3. The molecule has 0 aliphatic heterocycles. The molecule has 0 saturated carbocycles. The summed E-state index contributed by atoms with van der Waals surface area (Å²) in [4.78, 5) is 19.8. The third-order valence-corrected chi connectivity index (χ3v) is 4.53. The second kappa shape index (κ2) is 6.36. The first-order valence-electron chi connectivity index (χ1n) is 8.33. The summed E-state index contributed by atoms with van der Waals surface area (Å²) in [5, 5.41) is 0.578. The van der Waals surface area contributed by atoms with Gasteiger partial charge in [-0.05, 0) is 30.3 Å². The standard InChI is InChI=1S/C19H15F3N4O2/c1-25-16-13(6-11(9-27)7-15(16)28-2)24-18(25)14-8-12-4-3-5-23-17(12)26(14)10-19(20,21)22/h3-9H,10H2,1-2H3. The second-order valence-electron chi connectivity index (χ2n) is 6.35. The van der Waals surface area contributed by atoms with Crippen molar-refractivity contribution in [3.05, 3.63) is 42.1 Å². The van der Waals surface area contributed by atoms with Crippen LogP contribution in [0.25, 0.3) is 33.6 Å². The maximum absolute atomic E-state index is 13.2. The molecule has 0 aliphatic rings. The van der Waals surface area contributed by atoms with Gasteiger partial charge in [-0.3, -0.25) is 4.79 Å². The van der Waals surface area contributed by atoms with Crippen LogP contribution in [0, 0.1) is 0 Å². The van der Waals surface area contributed by atoms with Crippen molar-refractivity contribution in [1.82, 2.24) is 19.1 Å². The van der Waals surface area contributed by atoms with E-state index in [9.17, 15) is 18.0 Å². The van der Waals surface area contributed by atoms with E-state index in [1.54, 1.807) is 41.9 Å². The van der Waals surface area contributed by atoms with Crippen LogP contribution in [0.2, 0.25) is 0 Å². The van der Waals surface area contributed by atoms with Crippen LogP contribution in [-0.2, 0) is 13.6 Å². The minimum absolute atomic E-state index is 0.224. The van der Waals surface area contributed by atoms with Gasteiger partial charge in [0, 0.05) is 24.2 Å². The van der Waals surface area contributed by atoms with E-state index in [0.29, 0.717) is 39.8 Å². The van der Waals surface area contributed by atoms with Crippen molar-refractivity contribution in [2.75, 3.05) is 7.11 Å². The number of hydrogen-bond donors (Lipinski definition) is 0. The summed E-state index contributed by atoms with van der Waals surface area (Å²) in [5.41, 5.74) is 1.91. The summed E-state index contributed by atoms with van der Waals surface area (Å²) in [6, 6.07) is 8.13. The minimum atomic E-state index is -4.43. The SMILES string of the molecule is COc1cc(C=O)cc2nc(-c3cc4cccnc4n3CC(F)(F)F)n(C)c12. The number of carbonyl (C=O) groups is 1. The van der Waals surface area contributed by atoms with Crippen molar-refractivity contribution in [2.45, 2.75) is 12.7 Å². The number of carbonyl (C=O) groups excluding carboxylic acids is 1. The number of hydrogen-bond acceptors (Lipinski definition) is 4. The van der Waals surface area contributed by atoms with Crippen LogP contribution in [0.15, 0.2) is 36.5 Å². The number of pyridine rings is 1. The molecule has 0 amide bonds. The lowest BCUT2D eigenvalue weighted by Gasteiger charge is -2.13. The Hall–Kier alpha value is -3.36. The van der Waals surface area contributed by atoms with Gasteiger partial charge in [-0.15, -0.1) is 0 Å². The molecule has 0 atom stereocenters. The molecule has 0 unspecified atom stereocenters. The average Bonchev–Trinajstić information content (AvgIpc) is 3.17. The Bertz CT molecular complexity index is 1210. The fourth-order valence-electron chi connectivity index (χ4n) is 3.40. The van der Waals surface area contributed by atoms with E-state index in [1.165, 1.54) is 13.3 Å². The van der Waals surface area contributed by atoms with Crippen molar-refractivity contribution in [2.24, 2.45) is 7.05 Å². The molecule has 6 nitrogen and oxygen atoms in total. The van der Waals surface area contributed by atoms with Crippen molar-refractivity contribution < 1.29 is 22.7 Å². The van der Waals surface area contributed by atoms with Gasteiger partial charge in [0.25, 0.3) is 0 Å². The van der Waals surface area contributed by atoms with Gasteiger partial charge in [0.2, 0.25) is 0 Å². The molecule has 4 aromatic rings. The summed E-state index contributed by atoms with van der Waals surface area (Å²) < 4.78 is 47.8. The molecule has 28 heavy (non-hydrogen) atoms. The topological polar surface area (TPSA) is 61.9 Å². The predicted molar refractivity (Wildman–Crippen MR) is 97.4 cm³/mol. The number of aldehydes is 1. The predicted octanol–water partition coefficient (Wildman–Crippen LogP) is 3.97. The van der Waals surface area contributed by atoms with E-state index in [0.717, 1.165) is 4.57 Å². The number of alkyl halides is 3. The van der Waals surface area contributed by atoms with E-state index in [2.05, 4.69) is 9.97 Å². The van der Waals surface area contributed by atoms with Gasteiger partial charge in [0.15, 0.2) is 5.82 Å². The number of halogens is 3. The number of fused-ring (bicyclic) bond motifs is 2. The van der Waals surface area contributed by atoms with Gasteiger partial charge in [0.1, 0.15) is 29.7 Å². The molecule has 0 fully saturated rings. The Balaban J connectivity index is 2.03. The fraction of sp³-hybridized carbons (Fsp3) is 0.211. The first kappa shape index (κ1) is 18.0. The fourth-order valence-corrected chi connectivity index (χ4v) is 3.40. The number of ether oxygens (including phenoxy) is 1. The van der Waals surface area contributed by atoms with Crippen LogP contribution in [-0.4, -0.2) is 38.7 Å². The van der Waals surface area contributed by atoms with Crippen LogP contribution >= 0.6 is 0 Å². The highest BCUT2D eigenvalue weighted by Gasteiger charge is 2.31. The quantitative estimate of drug-likeness (QED) is 0.496. The lowest BCUT2D eigenvalue weighted by molar-refractivity contribution is -0.139. The number of aromatic nitrogens is 4. The van der Waals surface area contributed by atoms with Crippen LogP contribution in [0.3, 0.4) is 0 Å². The molecule has 0 saturated heterocycles. The van der Waals surface area contributed by atoms with Gasteiger partial charge in [0.05, 0.1) is 18.3 Å². The van der Waals surface area contributed by atoms with E-state index < -0.39 is 12.7 Å². The van der Waals surface area contributed by atoms with Gasteiger partial charge in [-0.25, -0.2) is 9.97 Å². The number of aryl methyl sites for hydroxylation is 1. The molecule has 0 N–H and O–H groups in total. The molecule has 3 heterocycles. The summed E-state index contributed by atoms with van der Waals surface area (Å²) in [6.07, 6.45) is -2.31. The molecule has 9 heteroatoms. The molecule has 1 aromatic carbocycles. The highest BCUT2D eigenvalue weighted by molar-refractivity contribution is 5.92. The summed E-state index contributed by atoms with van der Waals surface area (Å²) >= 11 is 0. The van der Waals surface area contributed by atoms with Crippen molar-refractivity contribution in [3.8, 4) is 17.3 Å². The number of imidazole rings is 1. The van der Waals surface area contributed by atoms with E-state index >= 15 is 0 Å². The van der Waals surface area contributed by atoms with Gasteiger partial charge < -0.3 is 13.9 Å².